The molecule has 6 nitrogen and oxygen atoms in total. The van der Waals surface area contributed by atoms with Crippen molar-refractivity contribution in [2.45, 2.75) is 32.4 Å². The molecule has 1 amide bonds. The molecule has 3 aromatic carbocycles. The Morgan fingerprint density at radius 3 is 2.42 bits per heavy atom. The van der Waals surface area contributed by atoms with Gasteiger partial charge in [-0.3, -0.25) is 4.79 Å². The van der Waals surface area contributed by atoms with Gasteiger partial charge >= 0.3 is 12.1 Å². The molecule has 1 N–H and O–H groups in total. The van der Waals surface area contributed by atoms with Crippen LogP contribution in [0.1, 0.15) is 23.6 Å². The number of hydrogen-bond donors (Lipinski definition) is 1. The van der Waals surface area contributed by atoms with Gasteiger partial charge in [-0.25, -0.2) is 4.79 Å². The minimum atomic E-state index is -0.905. The highest BCUT2D eigenvalue weighted by atomic mass is 79.9. The number of carbonyl (C=O) groups excluding carboxylic acids is 1. The van der Waals surface area contributed by atoms with E-state index in [9.17, 15) is 9.59 Å². The molecule has 0 aliphatic rings. The Labute approximate surface area is 201 Å². The predicted octanol–water partition coefficient (Wildman–Crippen LogP) is 6.07. The smallest absolute Gasteiger partial charge is 0.410 e. The molecule has 0 aliphatic carbocycles. The number of benzene rings is 3. The summed E-state index contributed by atoms with van der Waals surface area (Å²) in [6.45, 7) is 2.27. The lowest BCUT2D eigenvalue weighted by atomic mass is 10.1. The zero-order valence-electron chi connectivity index (χ0n) is 18.5. The number of aliphatic carboxylic acids is 1. The molecule has 0 saturated carbocycles. The maximum absolute atomic E-state index is 12.6. The number of carboxylic acid groups (broad SMARTS) is 1. The Bertz CT molecular complexity index is 1100. The van der Waals surface area contributed by atoms with Crippen LogP contribution in [0.3, 0.4) is 0 Å². The summed E-state index contributed by atoms with van der Waals surface area (Å²) in [5.74, 6) is 0.198. The van der Waals surface area contributed by atoms with Crippen molar-refractivity contribution in [3.05, 3.63) is 94.0 Å². The standard InChI is InChI=1S/C26H26BrNO5/c1-18(13-19-7-4-3-5-8-19)28(26(31)32-2)17-21-16-22(27)11-12-24(21)33-23-10-6-9-20(14-23)15-25(29)30/h3-12,14,16,18H,13,15,17H2,1-2H3,(H,29,30). The Kier molecular flexibility index (Phi) is 8.49. The summed E-state index contributed by atoms with van der Waals surface area (Å²) < 4.78 is 12.0. The second kappa shape index (κ2) is 11.5. The zero-order chi connectivity index (χ0) is 23.8. The molecule has 0 aliphatic heterocycles. The molecule has 0 bridgehead atoms. The molecule has 33 heavy (non-hydrogen) atoms. The second-order valence-electron chi connectivity index (χ2n) is 7.71. The van der Waals surface area contributed by atoms with Crippen molar-refractivity contribution in [2.75, 3.05) is 7.11 Å². The number of hydrogen-bond acceptors (Lipinski definition) is 4. The number of amides is 1. The third kappa shape index (κ3) is 7.08. The monoisotopic (exact) mass is 511 g/mol. The fourth-order valence-electron chi connectivity index (χ4n) is 3.56. The number of nitrogens with zero attached hydrogens (tertiary/aromatic N) is 1. The maximum Gasteiger partial charge on any atom is 0.410 e. The van der Waals surface area contributed by atoms with Gasteiger partial charge in [0.15, 0.2) is 0 Å². The highest BCUT2D eigenvalue weighted by molar-refractivity contribution is 9.10. The largest absolute Gasteiger partial charge is 0.481 e. The van der Waals surface area contributed by atoms with Crippen molar-refractivity contribution >= 4 is 28.0 Å². The molecule has 0 fully saturated rings. The molecule has 0 spiro atoms. The molecule has 3 aromatic rings. The highest BCUT2D eigenvalue weighted by Crippen LogP contribution is 2.30. The summed E-state index contributed by atoms with van der Waals surface area (Å²) in [5.41, 5.74) is 2.56. The molecule has 3 rings (SSSR count). The number of halogens is 1. The van der Waals surface area contributed by atoms with Crippen LogP contribution in [0.2, 0.25) is 0 Å². The minimum Gasteiger partial charge on any atom is -0.481 e. The van der Waals surface area contributed by atoms with Crippen molar-refractivity contribution in [1.29, 1.82) is 0 Å². The summed E-state index contributed by atoms with van der Waals surface area (Å²) in [6, 6.07) is 22.4. The van der Waals surface area contributed by atoms with Gasteiger partial charge in [-0.05, 0) is 54.8 Å². The van der Waals surface area contributed by atoms with Gasteiger partial charge in [0.05, 0.1) is 20.1 Å². The van der Waals surface area contributed by atoms with Crippen LogP contribution in [-0.2, 0) is 28.9 Å². The van der Waals surface area contributed by atoms with Crippen LogP contribution >= 0.6 is 15.9 Å². The van der Waals surface area contributed by atoms with E-state index in [0.717, 1.165) is 15.6 Å². The van der Waals surface area contributed by atoms with Crippen molar-refractivity contribution in [1.82, 2.24) is 4.90 Å². The predicted molar refractivity (Wildman–Crippen MR) is 130 cm³/mol. The summed E-state index contributed by atoms with van der Waals surface area (Å²) in [5, 5.41) is 9.06. The van der Waals surface area contributed by atoms with Crippen molar-refractivity contribution in [3.63, 3.8) is 0 Å². The van der Waals surface area contributed by atoms with Crippen LogP contribution in [0, 0.1) is 0 Å². The Morgan fingerprint density at radius 1 is 1.00 bits per heavy atom. The van der Waals surface area contributed by atoms with Crippen molar-refractivity contribution in [2.24, 2.45) is 0 Å². The molecule has 0 radical (unpaired) electrons. The zero-order valence-corrected chi connectivity index (χ0v) is 20.1. The highest BCUT2D eigenvalue weighted by Gasteiger charge is 2.23. The van der Waals surface area contributed by atoms with E-state index in [0.29, 0.717) is 23.5 Å². The number of carbonyl (C=O) groups is 2. The molecule has 7 heteroatoms. The van der Waals surface area contributed by atoms with Crippen LogP contribution in [0.25, 0.3) is 0 Å². The van der Waals surface area contributed by atoms with Gasteiger partial charge < -0.3 is 19.5 Å². The van der Waals surface area contributed by atoms with Crippen LogP contribution in [0.5, 0.6) is 11.5 Å². The third-order valence-electron chi connectivity index (χ3n) is 5.16. The lowest BCUT2D eigenvalue weighted by Crippen LogP contribution is -2.39. The number of carboxylic acids is 1. The lowest BCUT2D eigenvalue weighted by Gasteiger charge is -2.29. The van der Waals surface area contributed by atoms with Gasteiger partial charge in [0.2, 0.25) is 0 Å². The molecule has 172 valence electrons. The van der Waals surface area contributed by atoms with E-state index >= 15 is 0 Å². The van der Waals surface area contributed by atoms with Crippen LogP contribution < -0.4 is 4.74 Å². The number of rotatable bonds is 9. The minimum absolute atomic E-state index is 0.0858. The molecule has 0 aromatic heterocycles. The summed E-state index contributed by atoms with van der Waals surface area (Å²) in [7, 11) is 1.37. The first-order valence-corrected chi connectivity index (χ1v) is 11.3. The summed E-state index contributed by atoms with van der Waals surface area (Å²) in [6.07, 6.45) is 0.169. The van der Waals surface area contributed by atoms with E-state index < -0.39 is 12.1 Å². The van der Waals surface area contributed by atoms with E-state index in [2.05, 4.69) is 15.9 Å². The molecule has 1 unspecified atom stereocenters. The normalized spacial score (nSPS) is 11.5. The molecule has 1 atom stereocenters. The maximum atomic E-state index is 12.6. The fourth-order valence-corrected chi connectivity index (χ4v) is 3.97. The summed E-state index contributed by atoms with van der Waals surface area (Å²) in [4.78, 5) is 25.4. The average molecular weight is 512 g/mol. The first kappa shape index (κ1) is 24.3. The van der Waals surface area contributed by atoms with Gasteiger partial charge in [-0.1, -0.05) is 58.4 Å². The quantitative estimate of drug-likeness (QED) is 0.377. The van der Waals surface area contributed by atoms with E-state index in [1.807, 2.05) is 55.5 Å². The Morgan fingerprint density at radius 2 is 1.73 bits per heavy atom. The van der Waals surface area contributed by atoms with E-state index in [-0.39, 0.29) is 19.0 Å². The van der Waals surface area contributed by atoms with Crippen molar-refractivity contribution < 1.29 is 24.2 Å². The van der Waals surface area contributed by atoms with Gasteiger partial charge in [0, 0.05) is 16.1 Å². The topological polar surface area (TPSA) is 76.1 Å². The number of ether oxygens (including phenoxy) is 2. The van der Waals surface area contributed by atoms with Crippen LogP contribution in [-0.4, -0.2) is 35.2 Å². The Hall–Kier alpha value is -3.32. The molecular weight excluding hydrogens is 486 g/mol. The molecule has 0 saturated heterocycles. The van der Waals surface area contributed by atoms with Gasteiger partial charge in [0.1, 0.15) is 11.5 Å². The van der Waals surface area contributed by atoms with E-state index in [1.54, 1.807) is 29.2 Å². The molecule has 0 heterocycles. The van der Waals surface area contributed by atoms with Gasteiger partial charge in [-0.15, -0.1) is 0 Å². The van der Waals surface area contributed by atoms with Crippen LogP contribution in [0.4, 0.5) is 4.79 Å². The Balaban J connectivity index is 1.85. The van der Waals surface area contributed by atoms with E-state index in [4.69, 9.17) is 14.6 Å². The van der Waals surface area contributed by atoms with Crippen LogP contribution in [0.15, 0.2) is 77.3 Å². The summed E-state index contributed by atoms with van der Waals surface area (Å²) >= 11 is 3.50. The molecular formula is C26H26BrNO5. The van der Waals surface area contributed by atoms with E-state index in [1.165, 1.54) is 7.11 Å². The van der Waals surface area contributed by atoms with Crippen molar-refractivity contribution in [3.8, 4) is 11.5 Å². The van der Waals surface area contributed by atoms with Gasteiger partial charge in [-0.2, -0.15) is 0 Å². The SMILES string of the molecule is COC(=O)N(Cc1cc(Br)ccc1Oc1cccc(CC(=O)O)c1)C(C)Cc1ccccc1. The fraction of sp³-hybridized carbons (Fsp3) is 0.231. The van der Waals surface area contributed by atoms with Gasteiger partial charge in [0.25, 0.3) is 0 Å². The first-order chi connectivity index (χ1) is 15.9. The lowest BCUT2D eigenvalue weighted by molar-refractivity contribution is -0.136. The first-order valence-electron chi connectivity index (χ1n) is 10.5. The second-order valence-corrected chi connectivity index (χ2v) is 8.62. The third-order valence-corrected chi connectivity index (χ3v) is 5.65. The average Bonchev–Trinajstić information content (AvgIpc) is 2.79. The number of methoxy groups -OCH3 is 1.